The van der Waals surface area contributed by atoms with Crippen molar-refractivity contribution in [1.29, 1.82) is 0 Å². The van der Waals surface area contributed by atoms with Gasteiger partial charge in [0.15, 0.2) is 0 Å². The van der Waals surface area contributed by atoms with Crippen molar-refractivity contribution in [3.63, 3.8) is 0 Å². The largest absolute Gasteiger partial charge is 0.480 e. The maximum absolute atomic E-state index is 10.9. The van der Waals surface area contributed by atoms with Crippen molar-refractivity contribution < 1.29 is 19.4 Å². The molecule has 0 spiro atoms. The van der Waals surface area contributed by atoms with Gasteiger partial charge in [-0.15, -0.1) is 0 Å². The molecule has 0 heterocycles. The van der Waals surface area contributed by atoms with Gasteiger partial charge in [0.2, 0.25) is 0 Å². The molecular weight excluding hydrogens is 174 g/mol. The third-order valence-corrected chi connectivity index (χ3v) is 1.56. The van der Waals surface area contributed by atoms with Crippen molar-refractivity contribution in [2.24, 2.45) is 5.73 Å². The van der Waals surface area contributed by atoms with Gasteiger partial charge in [0.05, 0.1) is 0 Å². The molecule has 0 aliphatic carbocycles. The molecule has 5 heteroatoms. The standard InChI is InChI=1S/C8H15NO4/c1-3-4-6(10)13-5(2)7(9)8(11)12/h5,7H,3-4,9H2,1-2H3,(H,11,12)/t5?,7-/m0/s1. The van der Waals surface area contributed by atoms with Crippen molar-refractivity contribution >= 4 is 11.9 Å². The van der Waals surface area contributed by atoms with E-state index in [0.717, 1.165) is 0 Å². The Morgan fingerprint density at radius 3 is 2.46 bits per heavy atom. The second-order valence-corrected chi connectivity index (χ2v) is 2.81. The van der Waals surface area contributed by atoms with E-state index in [4.69, 9.17) is 15.6 Å². The zero-order valence-electron chi connectivity index (χ0n) is 7.82. The number of nitrogens with two attached hydrogens (primary N) is 1. The first kappa shape index (κ1) is 11.9. The van der Waals surface area contributed by atoms with Crippen LogP contribution in [0.1, 0.15) is 26.7 Å². The molecule has 0 bridgehead atoms. The second-order valence-electron chi connectivity index (χ2n) is 2.81. The van der Waals surface area contributed by atoms with Crippen LogP contribution in [0.15, 0.2) is 0 Å². The topological polar surface area (TPSA) is 89.6 Å². The van der Waals surface area contributed by atoms with Crippen LogP contribution in [0.3, 0.4) is 0 Å². The number of esters is 1. The summed E-state index contributed by atoms with van der Waals surface area (Å²) in [7, 11) is 0. The molecule has 0 aliphatic heterocycles. The lowest BCUT2D eigenvalue weighted by molar-refractivity contribution is -0.153. The summed E-state index contributed by atoms with van der Waals surface area (Å²) in [5, 5.41) is 8.48. The Hall–Kier alpha value is -1.10. The predicted octanol–water partition coefficient (Wildman–Crippen LogP) is 0.130. The number of ether oxygens (including phenoxy) is 1. The first-order valence-corrected chi connectivity index (χ1v) is 4.17. The van der Waals surface area contributed by atoms with E-state index in [0.29, 0.717) is 6.42 Å². The summed E-state index contributed by atoms with van der Waals surface area (Å²) in [6.45, 7) is 3.30. The summed E-state index contributed by atoms with van der Waals surface area (Å²) in [6.07, 6.45) is 0.182. The molecule has 0 aromatic heterocycles. The SMILES string of the molecule is CCCC(=O)OC(C)[C@H](N)C(=O)O. The number of aliphatic carboxylic acids is 1. The lowest BCUT2D eigenvalue weighted by atomic mass is 10.2. The van der Waals surface area contributed by atoms with Crippen LogP contribution >= 0.6 is 0 Å². The second kappa shape index (κ2) is 5.53. The summed E-state index contributed by atoms with van der Waals surface area (Å²) in [5.74, 6) is -1.58. The molecule has 0 fully saturated rings. The average molecular weight is 189 g/mol. The van der Waals surface area contributed by atoms with Gasteiger partial charge >= 0.3 is 11.9 Å². The van der Waals surface area contributed by atoms with E-state index in [9.17, 15) is 9.59 Å². The molecule has 0 saturated heterocycles. The molecular formula is C8H15NO4. The number of carbonyl (C=O) groups is 2. The normalized spacial score (nSPS) is 14.7. The number of hydrogen-bond donors (Lipinski definition) is 2. The number of carbonyl (C=O) groups excluding carboxylic acids is 1. The highest BCUT2D eigenvalue weighted by Crippen LogP contribution is 2.00. The van der Waals surface area contributed by atoms with Crippen molar-refractivity contribution in [2.75, 3.05) is 0 Å². The summed E-state index contributed by atoms with van der Waals surface area (Å²) >= 11 is 0. The number of carboxylic acid groups (broad SMARTS) is 1. The zero-order valence-corrected chi connectivity index (χ0v) is 7.82. The van der Waals surface area contributed by atoms with Crippen LogP contribution in [-0.2, 0) is 14.3 Å². The Morgan fingerprint density at radius 2 is 2.08 bits per heavy atom. The molecule has 3 N–H and O–H groups in total. The Labute approximate surface area is 76.9 Å². The van der Waals surface area contributed by atoms with Gasteiger partial charge in [-0.2, -0.15) is 0 Å². The lowest BCUT2D eigenvalue weighted by Gasteiger charge is -2.16. The minimum Gasteiger partial charge on any atom is -0.480 e. The third kappa shape index (κ3) is 4.47. The van der Waals surface area contributed by atoms with Gasteiger partial charge in [-0.3, -0.25) is 9.59 Å². The van der Waals surface area contributed by atoms with E-state index in [2.05, 4.69) is 0 Å². The maximum atomic E-state index is 10.9. The van der Waals surface area contributed by atoms with Crippen molar-refractivity contribution in [1.82, 2.24) is 0 Å². The maximum Gasteiger partial charge on any atom is 0.324 e. The van der Waals surface area contributed by atoms with Crippen LogP contribution in [0.5, 0.6) is 0 Å². The fraction of sp³-hybridized carbons (Fsp3) is 0.750. The zero-order chi connectivity index (χ0) is 10.4. The van der Waals surface area contributed by atoms with Gasteiger partial charge in [-0.1, -0.05) is 6.92 Å². The molecule has 0 aromatic rings. The highest BCUT2D eigenvalue weighted by atomic mass is 16.5. The first-order chi connectivity index (χ1) is 5.99. The van der Waals surface area contributed by atoms with Gasteiger partial charge in [0, 0.05) is 6.42 Å². The number of rotatable bonds is 5. The molecule has 0 saturated carbocycles. The van der Waals surface area contributed by atoms with E-state index in [1.54, 1.807) is 0 Å². The molecule has 0 radical (unpaired) electrons. The molecule has 1 unspecified atom stereocenters. The molecule has 5 nitrogen and oxygen atoms in total. The van der Waals surface area contributed by atoms with E-state index >= 15 is 0 Å². The minimum absolute atomic E-state index is 0.288. The lowest BCUT2D eigenvalue weighted by Crippen LogP contribution is -2.42. The van der Waals surface area contributed by atoms with Gasteiger partial charge in [-0.05, 0) is 13.3 Å². The molecule has 2 atom stereocenters. The van der Waals surface area contributed by atoms with Crippen LogP contribution < -0.4 is 5.73 Å². The summed E-state index contributed by atoms with van der Waals surface area (Å²) in [6, 6.07) is -1.15. The van der Waals surface area contributed by atoms with E-state index in [1.165, 1.54) is 6.92 Å². The Bertz CT molecular complexity index is 193. The Kier molecular flexibility index (Phi) is 5.06. The first-order valence-electron chi connectivity index (χ1n) is 4.17. The fourth-order valence-corrected chi connectivity index (χ4v) is 0.744. The summed E-state index contributed by atoms with van der Waals surface area (Å²) in [4.78, 5) is 21.3. The van der Waals surface area contributed by atoms with Crippen LogP contribution in [0.2, 0.25) is 0 Å². The van der Waals surface area contributed by atoms with Crippen molar-refractivity contribution in [2.45, 2.75) is 38.8 Å². The van der Waals surface area contributed by atoms with Crippen molar-refractivity contribution in [3.05, 3.63) is 0 Å². The molecule has 13 heavy (non-hydrogen) atoms. The number of hydrogen-bond acceptors (Lipinski definition) is 4. The van der Waals surface area contributed by atoms with Crippen LogP contribution in [-0.4, -0.2) is 29.2 Å². The van der Waals surface area contributed by atoms with Gasteiger partial charge in [0.1, 0.15) is 12.1 Å². The van der Waals surface area contributed by atoms with Crippen molar-refractivity contribution in [3.8, 4) is 0 Å². The third-order valence-electron chi connectivity index (χ3n) is 1.56. The van der Waals surface area contributed by atoms with Gasteiger partial charge < -0.3 is 15.6 Å². The Balaban J connectivity index is 3.92. The van der Waals surface area contributed by atoms with Gasteiger partial charge in [-0.25, -0.2) is 0 Å². The summed E-state index contributed by atoms with van der Waals surface area (Å²) in [5.41, 5.74) is 5.23. The smallest absolute Gasteiger partial charge is 0.324 e. The molecule has 76 valence electrons. The Morgan fingerprint density at radius 1 is 1.54 bits per heavy atom. The molecule has 0 aliphatic rings. The quantitative estimate of drug-likeness (QED) is 0.600. The minimum atomic E-state index is -1.17. The fourth-order valence-electron chi connectivity index (χ4n) is 0.744. The molecule has 0 rings (SSSR count). The van der Waals surface area contributed by atoms with E-state index in [1.807, 2.05) is 6.92 Å². The highest BCUT2D eigenvalue weighted by molar-refractivity contribution is 5.75. The average Bonchev–Trinajstić information content (AvgIpc) is 2.03. The molecule has 0 amide bonds. The highest BCUT2D eigenvalue weighted by Gasteiger charge is 2.22. The number of carboxylic acids is 1. The van der Waals surface area contributed by atoms with Crippen LogP contribution in [0, 0.1) is 0 Å². The van der Waals surface area contributed by atoms with Crippen LogP contribution in [0.4, 0.5) is 0 Å². The van der Waals surface area contributed by atoms with E-state index in [-0.39, 0.29) is 6.42 Å². The summed E-state index contributed by atoms with van der Waals surface area (Å²) < 4.78 is 4.77. The van der Waals surface area contributed by atoms with Crippen LogP contribution in [0.25, 0.3) is 0 Å². The van der Waals surface area contributed by atoms with Gasteiger partial charge in [0.25, 0.3) is 0 Å². The molecule has 0 aromatic carbocycles. The van der Waals surface area contributed by atoms with E-state index < -0.39 is 24.1 Å². The predicted molar refractivity (Wildman–Crippen MR) is 46.1 cm³/mol. The monoisotopic (exact) mass is 189 g/mol.